The fraction of sp³-hybridized carbons (Fsp3) is 0.760. The lowest BCUT2D eigenvalue weighted by Gasteiger charge is -2.58. The molecule has 4 aliphatic carbocycles. The Hall–Kier alpha value is -1.18. The van der Waals surface area contributed by atoms with Crippen LogP contribution in [-0.2, 0) is 9.47 Å². The first-order valence-corrected chi connectivity index (χ1v) is 11.3. The zero-order valence-electron chi connectivity index (χ0n) is 17.5. The predicted molar refractivity (Wildman–Crippen MR) is 109 cm³/mol. The first-order valence-electron chi connectivity index (χ1n) is 11.3. The molecular weight excluding hydrogens is 332 g/mol. The zero-order chi connectivity index (χ0) is 18.9. The minimum Gasteiger partial charge on any atom is -0.498 e. The quantitative estimate of drug-likeness (QED) is 0.551. The van der Waals surface area contributed by atoms with E-state index in [0.29, 0.717) is 10.8 Å². The summed E-state index contributed by atoms with van der Waals surface area (Å²) in [7, 11) is 0. The van der Waals surface area contributed by atoms with Crippen molar-refractivity contribution in [1.29, 1.82) is 0 Å². The van der Waals surface area contributed by atoms with Gasteiger partial charge >= 0.3 is 0 Å². The summed E-state index contributed by atoms with van der Waals surface area (Å²) >= 11 is 0. The standard InChI is InChI=1S/C25H36O2/c1-5-26-19-9-12-23(3)18(16-19)6-7-20-21(23)10-13-24(4)22(20)11-15-25(24)14-8-17(2)27-25/h6,16,20-22H,2,5,7-15H2,1,3-4H3/t20?,21?,22?,23-,24-,25-/m0/s1. The van der Waals surface area contributed by atoms with Gasteiger partial charge in [-0.1, -0.05) is 26.5 Å². The summed E-state index contributed by atoms with van der Waals surface area (Å²) in [5.74, 6) is 4.72. The third-order valence-electron chi connectivity index (χ3n) is 9.50. The molecule has 5 rings (SSSR count). The molecule has 0 aromatic rings. The average Bonchev–Trinajstić information content (AvgIpc) is 3.16. The second-order valence-corrected chi connectivity index (χ2v) is 10.4. The van der Waals surface area contributed by atoms with Gasteiger partial charge < -0.3 is 9.47 Å². The Morgan fingerprint density at radius 3 is 2.67 bits per heavy atom. The van der Waals surface area contributed by atoms with Crippen LogP contribution in [0.3, 0.4) is 0 Å². The van der Waals surface area contributed by atoms with E-state index >= 15 is 0 Å². The van der Waals surface area contributed by atoms with Crippen LogP contribution in [0.2, 0.25) is 0 Å². The van der Waals surface area contributed by atoms with Crippen molar-refractivity contribution in [1.82, 2.24) is 0 Å². The van der Waals surface area contributed by atoms with Crippen molar-refractivity contribution in [2.24, 2.45) is 28.6 Å². The van der Waals surface area contributed by atoms with Crippen LogP contribution in [0.1, 0.15) is 78.6 Å². The number of rotatable bonds is 2. The topological polar surface area (TPSA) is 18.5 Å². The van der Waals surface area contributed by atoms with Crippen LogP contribution in [0, 0.1) is 28.6 Å². The van der Waals surface area contributed by atoms with Gasteiger partial charge in [0.15, 0.2) is 0 Å². The fourth-order valence-corrected chi connectivity index (χ4v) is 7.99. The first-order chi connectivity index (χ1) is 12.9. The van der Waals surface area contributed by atoms with Crippen LogP contribution in [0.15, 0.2) is 35.8 Å². The van der Waals surface area contributed by atoms with E-state index in [-0.39, 0.29) is 5.60 Å². The Morgan fingerprint density at radius 2 is 1.93 bits per heavy atom. The summed E-state index contributed by atoms with van der Waals surface area (Å²) in [6.07, 6.45) is 16.1. The Bertz CT molecular complexity index is 718. The molecule has 2 heteroatoms. The second-order valence-electron chi connectivity index (χ2n) is 10.4. The smallest absolute Gasteiger partial charge is 0.115 e. The second kappa shape index (κ2) is 5.91. The minimum atomic E-state index is 0.0964. The summed E-state index contributed by atoms with van der Waals surface area (Å²) in [5.41, 5.74) is 2.36. The molecule has 2 saturated carbocycles. The van der Waals surface area contributed by atoms with E-state index < -0.39 is 0 Å². The van der Waals surface area contributed by atoms with Gasteiger partial charge in [0, 0.05) is 18.3 Å². The van der Waals surface area contributed by atoms with Crippen molar-refractivity contribution in [3.63, 3.8) is 0 Å². The molecule has 0 amide bonds. The molecule has 1 heterocycles. The summed E-state index contributed by atoms with van der Waals surface area (Å²) < 4.78 is 12.4. The molecule has 2 nitrogen and oxygen atoms in total. The van der Waals surface area contributed by atoms with Crippen molar-refractivity contribution in [3.8, 4) is 0 Å². The highest BCUT2D eigenvalue weighted by Crippen LogP contribution is 2.69. The zero-order valence-corrected chi connectivity index (χ0v) is 17.5. The van der Waals surface area contributed by atoms with Crippen LogP contribution < -0.4 is 0 Å². The van der Waals surface area contributed by atoms with Crippen molar-refractivity contribution in [2.75, 3.05) is 6.61 Å². The van der Waals surface area contributed by atoms with Gasteiger partial charge in [-0.15, -0.1) is 0 Å². The molecule has 27 heavy (non-hydrogen) atoms. The summed E-state index contributed by atoms with van der Waals surface area (Å²) in [4.78, 5) is 0. The van der Waals surface area contributed by atoms with Crippen LogP contribution >= 0.6 is 0 Å². The van der Waals surface area contributed by atoms with Gasteiger partial charge in [-0.05, 0) is 86.7 Å². The van der Waals surface area contributed by atoms with E-state index in [4.69, 9.17) is 9.47 Å². The Balaban J connectivity index is 1.46. The monoisotopic (exact) mass is 368 g/mol. The van der Waals surface area contributed by atoms with Crippen molar-refractivity contribution in [3.05, 3.63) is 35.8 Å². The molecule has 0 N–H and O–H groups in total. The van der Waals surface area contributed by atoms with E-state index in [0.717, 1.165) is 43.0 Å². The summed E-state index contributed by atoms with van der Waals surface area (Å²) in [6, 6.07) is 0. The van der Waals surface area contributed by atoms with Gasteiger partial charge in [-0.25, -0.2) is 0 Å². The van der Waals surface area contributed by atoms with E-state index in [1.807, 2.05) is 0 Å². The molecular formula is C25H36O2. The number of ether oxygens (including phenoxy) is 2. The highest BCUT2D eigenvalue weighted by atomic mass is 16.5. The molecule has 3 unspecified atom stereocenters. The van der Waals surface area contributed by atoms with Crippen LogP contribution in [0.25, 0.3) is 0 Å². The molecule has 0 bridgehead atoms. The molecule has 1 spiro atoms. The van der Waals surface area contributed by atoms with E-state index in [9.17, 15) is 0 Å². The van der Waals surface area contributed by atoms with E-state index in [1.165, 1.54) is 50.7 Å². The van der Waals surface area contributed by atoms with Crippen LogP contribution in [0.5, 0.6) is 0 Å². The summed E-state index contributed by atoms with van der Waals surface area (Å²) in [6.45, 7) is 12.2. The molecule has 1 saturated heterocycles. The maximum Gasteiger partial charge on any atom is 0.115 e. The van der Waals surface area contributed by atoms with Gasteiger partial charge in [0.2, 0.25) is 0 Å². The highest BCUT2D eigenvalue weighted by molar-refractivity contribution is 5.36. The largest absolute Gasteiger partial charge is 0.498 e. The van der Waals surface area contributed by atoms with Crippen molar-refractivity contribution in [2.45, 2.75) is 84.2 Å². The Labute approximate surface area is 165 Å². The fourth-order valence-electron chi connectivity index (χ4n) is 7.99. The molecule has 148 valence electrons. The molecule has 0 aromatic heterocycles. The molecule has 0 aromatic carbocycles. The van der Waals surface area contributed by atoms with Gasteiger partial charge in [-0.3, -0.25) is 0 Å². The van der Waals surface area contributed by atoms with Crippen LogP contribution in [-0.4, -0.2) is 12.2 Å². The minimum absolute atomic E-state index is 0.0964. The molecule has 5 aliphatic rings. The van der Waals surface area contributed by atoms with E-state index in [1.54, 1.807) is 5.57 Å². The lowest BCUT2D eigenvalue weighted by molar-refractivity contribution is -0.117. The number of hydrogen-bond donors (Lipinski definition) is 0. The maximum absolute atomic E-state index is 6.50. The molecule has 0 radical (unpaired) electrons. The normalized spacial score (nSPS) is 48.3. The van der Waals surface area contributed by atoms with E-state index in [2.05, 4.69) is 39.5 Å². The van der Waals surface area contributed by atoms with Crippen LogP contribution in [0.4, 0.5) is 0 Å². The lowest BCUT2D eigenvalue weighted by atomic mass is 9.47. The first kappa shape index (κ1) is 17.9. The maximum atomic E-state index is 6.50. The number of allylic oxidation sites excluding steroid dienone is 5. The molecule has 3 fully saturated rings. The number of fused-ring (bicyclic) bond motifs is 6. The third-order valence-corrected chi connectivity index (χ3v) is 9.50. The lowest BCUT2D eigenvalue weighted by Crippen LogP contribution is -2.53. The molecule has 6 atom stereocenters. The molecule has 1 aliphatic heterocycles. The van der Waals surface area contributed by atoms with Crippen molar-refractivity contribution >= 4 is 0 Å². The third kappa shape index (κ3) is 2.31. The average molecular weight is 369 g/mol. The van der Waals surface area contributed by atoms with Crippen molar-refractivity contribution < 1.29 is 9.47 Å². The van der Waals surface area contributed by atoms with Gasteiger partial charge in [0.1, 0.15) is 5.60 Å². The van der Waals surface area contributed by atoms with Gasteiger partial charge in [0.05, 0.1) is 18.1 Å². The summed E-state index contributed by atoms with van der Waals surface area (Å²) in [5, 5.41) is 0. The Kier molecular flexibility index (Phi) is 3.91. The Morgan fingerprint density at radius 1 is 1.11 bits per heavy atom. The highest BCUT2D eigenvalue weighted by Gasteiger charge is 2.66. The number of hydrogen-bond acceptors (Lipinski definition) is 2. The van der Waals surface area contributed by atoms with Gasteiger partial charge in [0.25, 0.3) is 0 Å². The SMILES string of the molecule is C=C1CC[C@@]2(CCC3C4CC=C5C=C(OCC)CC[C@]5(C)C4CC[C@@]32C)O1. The van der Waals surface area contributed by atoms with Gasteiger partial charge in [-0.2, -0.15) is 0 Å². The predicted octanol–water partition coefficient (Wildman–Crippen LogP) is 6.54.